The van der Waals surface area contributed by atoms with Crippen molar-refractivity contribution in [1.29, 1.82) is 0 Å². The molecule has 4 aromatic rings. The summed E-state index contributed by atoms with van der Waals surface area (Å²) in [7, 11) is 0. The number of aryl methyl sites for hydroxylation is 1. The molecule has 0 saturated heterocycles. The van der Waals surface area contributed by atoms with E-state index in [-0.39, 0.29) is 11.2 Å². The fourth-order valence-corrected chi connectivity index (χ4v) is 4.26. The maximum Gasteiger partial charge on any atom is 0.296 e. The number of carbonyl (C=O) groups is 1. The van der Waals surface area contributed by atoms with Crippen molar-refractivity contribution in [1.82, 2.24) is 4.98 Å². The number of pyridine rings is 1. The van der Waals surface area contributed by atoms with Gasteiger partial charge in [0, 0.05) is 6.20 Å². The second-order valence-corrected chi connectivity index (χ2v) is 8.44. The summed E-state index contributed by atoms with van der Waals surface area (Å²) >= 11 is 6.03. The number of rotatable bonds is 5. The Hall–Kier alpha value is -3.64. The van der Waals surface area contributed by atoms with Crippen LogP contribution in [0, 0.1) is 6.92 Å². The number of fused-ring (bicyclic) bond motifs is 2. The smallest absolute Gasteiger partial charge is 0.296 e. The van der Waals surface area contributed by atoms with Gasteiger partial charge in [-0.15, -0.1) is 0 Å². The van der Waals surface area contributed by atoms with E-state index in [1.165, 1.54) is 11.1 Å². The number of halogens is 1. The van der Waals surface area contributed by atoms with Gasteiger partial charge in [0.05, 0.1) is 28.6 Å². The summed E-state index contributed by atoms with van der Waals surface area (Å²) in [5.74, 6) is 0.642. The van der Waals surface area contributed by atoms with Crippen LogP contribution in [0.1, 0.15) is 46.6 Å². The lowest BCUT2D eigenvalue weighted by Gasteiger charge is -2.24. The van der Waals surface area contributed by atoms with Crippen molar-refractivity contribution in [2.75, 3.05) is 11.5 Å². The van der Waals surface area contributed by atoms with E-state index < -0.39 is 11.9 Å². The van der Waals surface area contributed by atoms with E-state index in [9.17, 15) is 9.59 Å². The minimum Gasteiger partial charge on any atom is -0.494 e. The molecule has 2 aromatic carbocycles. The Kier molecular flexibility index (Phi) is 5.38. The van der Waals surface area contributed by atoms with Crippen LogP contribution in [0.3, 0.4) is 0 Å². The van der Waals surface area contributed by atoms with Crippen LogP contribution in [0.4, 0.5) is 5.82 Å². The molecule has 0 saturated carbocycles. The summed E-state index contributed by atoms with van der Waals surface area (Å²) < 4.78 is 11.8. The maximum absolute atomic E-state index is 13.7. The van der Waals surface area contributed by atoms with Crippen LogP contribution < -0.4 is 15.1 Å². The standard InChI is InChI=1S/C26H21ClN2O4/c1-3-11-32-18-6-4-5-16(13-18)23-22-24(30)19-12-15(2)7-9-20(19)33-25(22)26(31)29(23)21-10-8-17(27)14-28-21/h4-10,12-14,23H,3,11H2,1-2H3. The first-order chi connectivity index (χ1) is 16.0. The van der Waals surface area contributed by atoms with Gasteiger partial charge in [-0.05, 0) is 55.3 Å². The highest BCUT2D eigenvalue weighted by Gasteiger charge is 2.44. The number of amides is 1. The van der Waals surface area contributed by atoms with Crippen LogP contribution >= 0.6 is 11.6 Å². The lowest BCUT2D eigenvalue weighted by Crippen LogP contribution is -2.30. The Morgan fingerprint density at radius 1 is 1.12 bits per heavy atom. The molecule has 0 N–H and O–H groups in total. The molecule has 3 heterocycles. The van der Waals surface area contributed by atoms with Gasteiger partial charge in [-0.1, -0.05) is 42.3 Å². The summed E-state index contributed by atoms with van der Waals surface area (Å²) in [6.45, 7) is 4.51. The highest BCUT2D eigenvalue weighted by atomic mass is 35.5. The first-order valence-electron chi connectivity index (χ1n) is 10.7. The molecule has 1 amide bonds. The number of anilines is 1. The molecule has 7 heteroatoms. The minimum atomic E-state index is -0.715. The highest BCUT2D eigenvalue weighted by molar-refractivity contribution is 6.30. The third kappa shape index (κ3) is 3.66. The lowest BCUT2D eigenvalue weighted by atomic mass is 9.98. The number of aromatic nitrogens is 1. The first kappa shape index (κ1) is 21.2. The molecule has 1 atom stereocenters. The molecule has 2 aromatic heterocycles. The van der Waals surface area contributed by atoms with E-state index in [0.29, 0.717) is 39.7 Å². The molecule has 5 rings (SSSR count). The van der Waals surface area contributed by atoms with Gasteiger partial charge in [0.1, 0.15) is 17.2 Å². The van der Waals surface area contributed by atoms with E-state index in [1.54, 1.807) is 24.3 Å². The van der Waals surface area contributed by atoms with Crippen molar-refractivity contribution in [3.8, 4) is 5.75 Å². The average Bonchev–Trinajstić information content (AvgIpc) is 3.11. The van der Waals surface area contributed by atoms with Gasteiger partial charge in [-0.3, -0.25) is 14.5 Å². The summed E-state index contributed by atoms with van der Waals surface area (Å²) in [5, 5.41) is 0.890. The minimum absolute atomic E-state index is 0.0259. The largest absolute Gasteiger partial charge is 0.494 e. The molecule has 0 fully saturated rings. The quantitative estimate of drug-likeness (QED) is 0.382. The molecular weight excluding hydrogens is 440 g/mol. The van der Waals surface area contributed by atoms with Gasteiger partial charge in [-0.2, -0.15) is 0 Å². The highest BCUT2D eigenvalue weighted by Crippen LogP contribution is 2.41. The molecule has 0 radical (unpaired) electrons. The van der Waals surface area contributed by atoms with Gasteiger partial charge in [0.2, 0.25) is 5.76 Å². The summed E-state index contributed by atoms with van der Waals surface area (Å²) in [6.07, 6.45) is 2.34. The van der Waals surface area contributed by atoms with E-state index in [1.807, 2.05) is 44.2 Å². The van der Waals surface area contributed by atoms with Crippen molar-refractivity contribution in [3.05, 3.63) is 98.5 Å². The van der Waals surface area contributed by atoms with Crippen molar-refractivity contribution in [2.45, 2.75) is 26.3 Å². The monoisotopic (exact) mass is 460 g/mol. The molecule has 0 spiro atoms. The molecule has 33 heavy (non-hydrogen) atoms. The van der Waals surface area contributed by atoms with Gasteiger partial charge in [0.25, 0.3) is 5.91 Å². The predicted octanol–water partition coefficient (Wildman–Crippen LogP) is 5.69. The molecule has 1 unspecified atom stereocenters. The molecule has 0 bridgehead atoms. The van der Waals surface area contributed by atoms with Crippen molar-refractivity contribution in [2.24, 2.45) is 0 Å². The normalized spacial score (nSPS) is 15.2. The molecule has 1 aliphatic heterocycles. The van der Waals surface area contributed by atoms with E-state index in [0.717, 1.165) is 17.5 Å². The number of hydrogen-bond donors (Lipinski definition) is 0. The summed E-state index contributed by atoms with van der Waals surface area (Å²) in [4.78, 5) is 33.1. The summed E-state index contributed by atoms with van der Waals surface area (Å²) in [5.41, 5.74) is 2.10. The molecule has 6 nitrogen and oxygen atoms in total. The van der Waals surface area contributed by atoms with Gasteiger partial charge in [-0.25, -0.2) is 4.98 Å². The van der Waals surface area contributed by atoms with Crippen LogP contribution in [-0.4, -0.2) is 17.5 Å². The Bertz CT molecular complexity index is 1430. The number of benzene rings is 2. The third-order valence-electron chi connectivity index (χ3n) is 5.63. The fraction of sp³-hybridized carbons (Fsp3) is 0.192. The van der Waals surface area contributed by atoms with Crippen LogP contribution in [-0.2, 0) is 0 Å². The maximum atomic E-state index is 13.7. The predicted molar refractivity (Wildman–Crippen MR) is 127 cm³/mol. The van der Waals surface area contributed by atoms with Crippen LogP contribution in [0.25, 0.3) is 11.0 Å². The Labute approximate surface area is 195 Å². The lowest BCUT2D eigenvalue weighted by molar-refractivity contribution is 0.0970. The molecular formula is C26H21ClN2O4. The molecule has 1 aliphatic rings. The summed E-state index contributed by atoms with van der Waals surface area (Å²) in [6, 6.07) is 15.4. The Morgan fingerprint density at radius 3 is 2.73 bits per heavy atom. The molecule has 0 aliphatic carbocycles. The second-order valence-electron chi connectivity index (χ2n) is 8.01. The number of carbonyl (C=O) groups excluding carboxylic acids is 1. The zero-order chi connectivity index (χ0) is 23.1. The van der Waals surface area contributed by atoms with Crippen molar-refractivity contribution >= 4 is 34.3 Å². The number of hydrogen-bond acceptors (Lipinski definition) is 5. The SMILES string of the molecule is CCCOc1cccc(C2c3c(oc4ccc(C)cc4c3=O)C(=O)N2c2ccc(Cl)cn2)c1. The van der Waals surface area contributed by atoms with Gasteiger partial charge < -0.3 is 9.15 Å². The van der Waals surface area contributed by atoms with Crippen LogP contribution in [0.2, 0.25) is 5.02 Å². The molecule has 166 valence electrons. The van der Waals surface area contributed by atoms with E-state index >= 15 is 0 Å². The van der Waals surface area contributed by atoms with Crippen LogP contribution in [0.5, 0.6) is 5.75 Å². The second kappa shape index (κ2) is 8.37. The van der Waals surface area contributed by atoms with E-state index in [2.05, 4.69) is 4.98 Å². The third-order valence-corrected chi connectivity index (χ3v) is 5.85. The van der Waals surface area contributed by atoms with Crippen molar-refractivity contribution < 1.29 is 13.9 Å². The fourth-order valence-electron chi connectivity index (χ4n) is 4.14. The zero-order valence-corrected chi connectivity index (χ0v) is 18.9. The van der Waals surface area contributed by atoms with Gasteiger partial charge >= 0.3 is 0 Å². The number of ether oxygens (including phenoxy) is 1. The first-order valence-corrected chi connectivity index (χ1v) is 11.1. The van der Waals surface area contributed by atoms with E-state index in [4.69, 9.17) is 20.8 Å². The average molecular weight is 461 g/mol. The van der Waals surface area contributed by atoms with Gasteiger partial charge in [0.15, 0.2) is 5.43 Å². The Morgan fingerprint density at radius 2 is 1.97 bits per heavy atom. The van der Waals surface area contributed by atoms with Crippen LogP contribution in [0.15, 0.2) is 70.0 Å². The topological polar surface area (TPSA) is 72.6 Å². The Balaban J connectivity index is 1.76. The zero-order valence-electron chi connectivity index (χ0n) is 18.2. The van der Waals surface area contributed by atoms with Crippen molar-refractivity contribution in [3.63, 3.8) is 0 Å². The number of nitrogens with zero attached hydrogens (tertiary/aromatic N) is 2.